The maximum absolute atomic E-state index is 11.2. The van der Waals surface area contributed by atoms with Gasteiger partial charge in [0.1, 0.15) is 0 Å². The number of aromatic nitrogens is 1. The van der Waals surface area contributed by atoms with Crippen molar-refractivity contribution in [2.75, 3.05) is 6.54 Å². The third-order valence-electron chi connectivity index (χ3n) is 3.21. The van der Waals surface area contributed by atoms with E-state index in [0.717, 1.165) is 29.2 Å². The first-order chi connectivity index (χ1) is 9.86. The van der Waals surface area contributed by atoms with Crippen molar-refractivity contribution < 1.29 is 8.42 Å². The van der Waals surface area contributed by atoms with E-state index < -0.39 is 10.0 Å². The number of hydrogen-bond acceptors (Lipinski definition) is 5. The van der Waals surface area contributed by atoms with Crippen LogP contribution in [0.1, 0.15) is 29.2 Å². The first kappa shape index (κ1) is 16.1. The molecule has 0 unspecified atom stereocenters. The van der Waals surface area contributed by atoms with Crippen molar-refractivity contribution in [1.29, 1.82) is 0 Å². The lowest BCUT2D eigenvalue weighted by atomic mass is 10.1. The number of nitrogens with one attached hydrogen (secondary N) is 1. The molecule has 5 nitrogen and oxygen atoms in total. The summed E-state index contributed by atoms with van der Waals surface area (Å²) in [6, 6.07) is 6.77. The largest absolute Gasteiger partial charge is 0.310 e. The third kappa shape index (κ3) is 4.60. The summed E-state index contributed by atoms with van der Waals surface area (Å²) >= 11 is 1.66. The smallest absolute Gasteiger partial charge is 0.238 e. The lowest BCUT2D eigenvalue weighted by Crippen LogP contribution is -2.21. The van der Waals surface area contributed by atoms with Crippen molar-refractivity contribution in [3.05, 3.63) is 45.9 Å². The Balaban J connectivity index is 1.89. The molecule has 0 radical (unpaired) electrons. The first-order valence-electron chi connectivity index (χ1n) is 6.63. The van der Waals surface area contributed by atoms with E-state index in [9.17, 15) is 8.42 Å². The molecular formula is C14H19N3O2S2. The van der Waals surface area contributed by atoms with Crippen LogP contribution in [0.3, 0.4) is 0 Å². The number of thiazole rings is 1. The summed E-state index contributed by atoms with van der Waals surface area (Å²) in [6.07, 6.45) is 0.879. The zero-order valence-corrected chi connectivity index (χ0v) is 13.7. The average Bonchev–Trinajstić information content (AvgIpc) is 2.83. The molecule has 0 aliphatic rings. The third-order valence-corrected chi connectivity index (χ3v) is 4.96. The van der Waals surface area contributed by atoms with Gasteiger partial charge in [0.15, 0.2) is 0 Å². The van der Waals surface area contributed by atoms with E-state index >= 15 is 0 Å². The summed E-state index contributed by atoms with van der Waals surface area (Å²) < 4.78 is 22.4. The molecule has 7 heteroatoms. The topological polar surface area (TPSA) is 85.1 Å². The summed E-state index contributed by atoms with van der Waals surface area (Å²) in [5.74, 6) is 0. The molecule has 0 spiro atoms. The molecular weight excluding hydrogens is 306 g/mol. The van der Waals surface area contributed by atoms with E-state index in [4.69, 9.17) is 5.14 Å². The highest BCUT2D eigenvalue weighted by molar-refractivity contribution is 7.89. The minimum absolute atomic E-state index is 0.136. The number of sulfonamides is 1. The first-order valence-corrected chi connectivity index (χ1v) is 9.06. The molecule has 0 aliphatic carbocycles. The molecule has 114 valence electrons. The molecule has 1 heterocycles. The highest BCUT2D eigenvalue weighted by Crippen LogP contribution is 2.15. The van der Waals surface area contributed by atoms with E-state index in [1.807, 2.05) is 13.8 Å². The second-order valence-electron chi connectivity index (χ2n) is 4.90. The molecule has 3 N–H and O–H groups in total. The molecule has 0 amide bonds. The Bertz CT molecular complexity index is 693. The predicted octanol–water partition coefficient (Wildman–Crippen LogP) is 1.99. The molecule has 21 heavy (non-hydrogen) atoms. The van der Waals surface area contributed by atoms with Gasteiger partial charge in [-0.1, -0.05) is 12.1 Å². The quantitative estimate of drug-likeness (QED) is 0.850. The summed E-state index contributed by atoms with van der Waals surface area (Å²) in [5, 5.41) is 11.6. The molecule has 0 bridgehead atoms. The molecule has 1 atom stereocenters. The molecule has 1 aromatic heterocycles. The van der Waals surface area contributed by atoms with Gasteiger partial charge in [-0.15, -0.1) is 11.3 Å². The van der Waals surface area contributed by atoms with Gasteiger partial charge in [-0.3, -0.25) is 0 Å². The van der Waals surface area contributed by atoms with E-state index in [0.29, 0.717) is 0 Å². The number of nitrogens with two attached hydrogens (primary N) is 1. The van der Waals surface area contributed by atoms with Crippen LogP contribution in [0.15, 0.2) is 34.5 Å². The normalized spacial score (nSPS) is 13.3. The second-order valence-corrected chi connectivity index (χ2v) is 7.52. The van der Waals surface area contributed by atoms with Gasteiger partial charge < -0.3 is 5.32 Å². The Morgan fingerprint density at radius 1 is 1.33 bits per heavy atom. The van der Waals surface area contributed by atoms with Crippen LogP contribution in [0.4, 0.5) is 0 Å². The molecule has 0 saturated heterocycles. The van der Waals surface area contributed by atoms with Crippen molar-refractivity contribution in [3.63, 3.8) is 0 Å². The van der Waals surface area contributed by atoms with Gasteiger partial charge in [0.05, 0.1) is 15.6 Å². The number of primary sulfonamides is 1. The van der Waals surface area contributed by atoms with E-state index in [1.54, 1.807) is 23.5 Å². The standard InChI is InChI=1S/C14H19N3O2S2/c1-10(16-8-7-13-9-20-11(2)17-13)12-3-5-14(6-4-12)21(15,18)19/h3-6,9-10,16H,7-8H2,1-2H3,(H2,15,18,19)/t10-/m1/s1. The minimum Gasteiger partial charge on any atom is -0.310 e. The van der Waals surface area contributed by atoms with Crippen LogP contribution in [0, 0.1) is 6.92 Å². The van der Waals surface area contributed by atoms with Crippen molar-refractivity contribution >= 4 is 21.4 Å². The van der Waals surface area contributed by atoms with Crippen LogP contribution in [0.25, 0.3) is 0 Å². The SMILES string of the molecule is Cc1nc(CCN[C@H](C)c2ccc(S(N)(=O)=O)cc2)cs1. The van der Waals surface area contributed by atoms with Gasteiger partial charge in [-0.05, 0) is 31.5 Å². The summed E-state index contributed by atoms with van der Waals surface area (Å²) in [5.41, 5.74) is 2.12. The van der Waals surface area contributed by atoms with Gasteiger partial charge in [-0.25, -0.2) is 18.5 Å². The lowest BCUT2D eigenvalue weighted by molar-refractivity contribution is 0.573. The average molecular weight is 325 g/mol. The van der Waals surface area contributed by atoms with E-state index in [-0.39, 0.29) is 10.9 Å². The van der Waals surface area contributed by atoms with Crippen LogP contribution in [-0.2, 0) is 16.4 Å². The van der Waals surface area contributed by atoms with Crippen molar-refractivity contribution in [2.24, 2.45) is 5.14 Å². The highest BCUT2D eigenvalue weighted by atomic mass is 32.2. The van der Waals surface area contributed by atoms with E-state index in [1.165, 1.54) is 12.1 Å². The van der Waals surface area contributed by atoms with Crippen LogP contribution in [0.5, 0.6) is 0 Å². The fourth-order valence-corrected chi connectivity index (χ4v) is 3.17. The lowest BCUT2D eigenvalue weighted by Gasteiger charge is -2.14. The Labute approximate surface area is 129 Å². The van der Waals surface area contributed by atoms with Crippen molar-refractivity contribution in [3.8, 4) is 0 Å². The molecule has 1 aromatic carbocycles. The predicted molar refractivity (Wildman–Crippen MR) is 84.8 cm³/mol. The maximum Gasteiger partial charge on any atom is 0.238 e. The maximum atomic E-state index is 11.2. The van der Waals surface area contributed by atoms with Gasteiger partial charge in [0.2, 0.25) is 10.0 Å². The number of aryl methyl sites for hydroxylation is 1. The fourth-order valence-electron chi connectivity index (χ4n) is 2.00. The van der Waals surface area contributed by atoms with Gasteiger partial charge in [0.25, 0.3) is 0 Å². The monoisotopic (exact) mass is 325 g/mol. The molecule has 2 rings (SSSR count). The number of nitrogens with zero attached hydrogens (tertiary/aromatic N) is 1. The molecule has 0 fully saturated rings. The number of benzene rings is 1. The van der Waals surface area contributed by atoms with E-state index in [2.05, 4.69) is 15.7 Å². The Hall–Kier alpha value is -1.28. The van der Waals surface area contributed by atoms with Gasteiger partial charge >= 0.3 is 0 Å². The molecule has 0 saturated carbocycles. The fraction of sp³-hybridized carbons (Fsp3) is 0.357. The molecule has 2 aromatic rings. The Morgan fingerprint density at radius 2 is 2.00 bits per heavy atom. The Kier molecular flexibility index (Phi) is 5.10. The zero-order valence-electron chi connectivity index (χ0n) is 12.0. The minimum atomic E-state index is -3.62. The van der Waals surface area contributed by atoms with Gasteiger partial charge in [0, 0.05) is 24.4 Å². The van der Waals surface area contributed by atoms with Crippen LogP contribution < -0.4 is 10.5 Å². The Morgan fingerprint density at radius 3 is 2.52 bits per heavy atom. The second kappa shape index (κ2) is 6.65. The van der Waals surface area contributed by atoms with Crippen LogP contribution >= 0.6 is 11.3 Å². The summed E-state index contributed by atoms with van der Waals surface area (Å²) in [7, 11) is -3.62. The molecule has 0 aliphatic heterocycles. The highest BCUT2D eigenvalue weighted by Gasteiger charge is 2.09. The summed E-state index contributed by atoms with van der Waals surface area (Å²) in [4.78, 5) is 4.55. The van der Waals surface area contributed by atoms with Crippen LogP contribution in [0.2, 0.25) is 0 Å². The van der Waals surface area contributed by atoms with Crippen LogP contribution in [-0.4, -0.2) is 19.9 Å². The van der Waals surface area contributed by atoms with Gasteiger partial charge in [-0.2, -0.15) is 0 Å². The van der Waals surface area contributed by atoms with Crippen molar-refractivity contribution in [2.45, 2.75) is 31.2 Å². The zero-order chi connectivity index (χ0) is 15.5. The number of hydrogen-bond donors (Lipinski definition) is 2. The summed E-state index contributed by atoms with van der Waals surface area (Å²) in [6.45, 7) is 4.86. The number of rotatable bonds is 6. The van der Waals surface area contributed by atoms with Crippen molar-refractivity contribution in [1.82, 2.24) is 10.3 Å².